The molecule has 0 fully saturated rings. The Morgan fingerprint density at radius 2 is 1.76 bits per heavy atom. The van der Waals surface area contributed by atoms with E-state index < -0.39 is 9.84 Å². The number of aromatic nitrogens is 1. The van der Waals surface area contributed by atoms with Gasteiger partial charge in [-0.05, 0) is 50.3 Å². The second-order valence-electron chi connectivity index (χ2n) is 7.88. The molecule has 0 atom stereocenters. The maximum atomic E-state index is 13.2. The van der Waals surface area contributed by atoms with Gasteiger partial charge in [0, 0.05) is 36.4 Å². The van der Waals surface area contributed by atoms with Gasteiger partial charge in [0.1, 0.15) is 0 Å². The number of hydrogen-bond donors (Lipinski definition) is 0. The van der Waals surface area contributed by atoms with E-state index >= 15 is 0 Å². The normalized spacial score (nSPS) is 11.9. The zero-order valence-electron chi connectivity index (χ0n) is 19.6. The maximum Gasteiger partial charge on any atom is 0.229 e. The van der Waals surface area contributed by atoms with Crippen LogP contribution in [-0.2, 0) is 14.6 Å². The van der Waals surface area contributed by atoms with Gasteiger partial charge < -0.3 is 4.90 Å². The van der Waals surface area contributed by atoms with Crippen molar-refractivity contribution in [2.75, 3.05) is 43.1 Å². The lowest BCUT2D eigenvalue weighted by atomic mass is 10.2. The van der Waals surface area contributed by atoms with Crippen LogP contribution in [0.25, 0.3) is 10.2 Å². The minimum absolute atomic E-state index is 0.0316. The largest absolute Gasteiger partial charge is 0.302 e. The van der Waals surface area contributed by atoms with Crippen molar-refractivity contribution in [1.29, 1.82) is 0 Å². The molecule has 9 heteroatoms. The Balaban J connectivity index is 1.79. The summed E-state index contributed by atoms with van der Waals surface area (Å²) in [7, 11) is -3.30. The Morgan fingerprint density at radius 1 is 1.06 bits per heavy atom. The van der Waals surface area contributed by atoms with Crippen molar-refractivity contribution in [2.24, 2.45) is 0 Å². The summed E-state index contributed by atoms with van der Waals surface area (Å²) in [5.74, 6) is 0.719. The molecule has 1 amide bonds. The fourth-order valence-corrected chi connectivity index (χ4v) is 5.98. The average molecular weight is 506 g/mol. The van der Waals surface area contributed by atoms with Gasteiger partial charge in [-0.25, -0.2) is 13.4 Å². The van der Waals surface area contributed by atoms with Gasteiger partial charge in [-0.3, -0.25) is 9.69 Å². The Bertz CT molecular complexity index is 1190. The topological polar surface area (TPSA) is 70.6 Å². The van der Waals surface area contributed by atoms with Crippen molar-refractivity contribution in [3.8, 4) is 0 Å². The van der Waals surface area contributed by atoms with Crippen molar-refractivity contribution in [2.45, 2.75) is 37.0 Å². The van der Waals surface area contributed by atoms with Crippen molar-refractivity contribution < 1.29 is 13.2 Å². The summed E-state index contributed by atoms with van der Waals surface area (Å²) in [4.78, 5) is 23.4. The predicted octanol–water partition coefficient (Wildman–Crippen LogP) is 4.87. The van der Waals surface area contributed by atoms with Crippen molar-refractivity contribution in [1.82, 2.24) is 9.88 Å². The number of benzene rings is 2. The molecule has 2 aromatic carbocycles. The third kappa shape index (κ3) is 7.02. The van der Waals surface area contributed by atoms with E-state index in [0.29, 0.717) is 29.4 Å². The van der Waals surface area contributed by atoms with Crippen LogP contribution in [0.15, 0.2) is 52.3 Å². The first-order valence-corrected chi connectivity index (χ1v) is 14.7. The van der Waals surface area contributed by atoms with Crippen LogP contribution in [-0.4, -0.2) is 62.4 Å². The molecule has 0 N–H and O–H groups in total. The zero-order chi connectivity index (χ0) is 24.0. The molecule has 178 valence electrons. The molecule has 33 heavy (non-hydrogen) atoms. The van der Waals surface area contributed by atoms with Crippen LogP contribution in [0.5, 0.6) is 0 Å². The van der Waals surface area contributed by atoms with E-state index in [2.05, 4.69) is 54.9 Å². The molecule has 0 aliphatic heterocycles. The van der Waals surface area contributed by atoms with Crippen LogP contribution in [0.2, 0.25) is 0 Å². The Labute approximate surface area is 204 Å². The number of sulfone groups is 1. The number of likely N-dealkylation sites (N-methyl/N-ethyl adjacent to an activating group) is 1. The highest BCUT2D eigenvalue weighted by atomic mass is 32.2. The second-order valence-corrected chi connectivity index (χ2v) is 12.1. The fourth-order valence-electron chi connectivity index (χ4n) is 3.37. The number of rotatable bonds is 11. The molecule has 6 nitrogen and oxygen atoms in total. The maximum absolute atomic E-state index is 13.2. The fraction of sp³-hybridized carbons (Fsp3) is 0.417. The standard InChI is InChI=1S/C24H31N3O3S3/c1-5-26(6-2)14-15-27(23(28)13-16-31-19-9-7-18(3)8-10-19)24-25-21-12-11-20(33(4,29)30)17-22(21)32-24/h7-12,17H,5-6,13-16H2,1-4H3. The highest BCUT2D eigenvalue weighted by Gasteiger charge is 2.21. The van der Waals surface area contributed by atoms with Crippen LogP contribution in [0, 0.1) is 6.92 Å². The van der Waals surface area contributed by atoms with E-state index in [-0.39, 0.29) is 10.8 Å². The quantitative estimate of drug-likeness (QED) is 0.347. The van der Waals surface area contributed by atoms with Crippen LogP contribution < -0.4 is 4.90 Å². The smallest absolute Gasteiger partial charge is 0.229 e. The van der Waals surface area contributed by atoms with Crippen molar-refractivity contribution >= 4 is 54.2 Å². The number of nitrogens with zero attached hydrogens (tertiary/aromatic N) is 3. The number of carbonyl (C=O) groups is 1. The molecule has 0 saturated heterocycles. The monoisotopic (exact) mass is 505 g/mol. The zero-order valence-corrected chi connectivity index (χ0v) is 22.0. The van der Waals surface area contributed by atoms with Crippen LogP contribution in [0.1, 0.15) is 25.8 Å². The van der Waals surface area contributed by atoms with Gasteiger partial charge in [-0.1, -0.05) is 42.9 Å². The number of fused-ring (bicyclic) bond motifs is 1. The Kier molecular flexibility index (Phi) is 8.92. The number of carbonyl (C=O) groups excluding carboxylic acids is 1. The highest BCUT2D eigenvalue weighted by molar-refractivity contribution is 7.99. The first-order chi connectivity index (χ1) is 15.7. The minimum Gasteiger partial charge on any atom is -0.302 e. The summed E-state index contributed by atoms with van der Waals surface area (Å²) in [5, 5.41) is 0.619. The number of hydrogen-bond acceptors (Lipinski definition) is 7. The summed E-state index contributed by atoms with van der Waals surface area (Å²) in [5.41, 5.74) is 1.92. The van der Waals surface area contributed by atoms with E-state index in [1.165, 1.54) is 23.2 Å². The molecular formula is C24H31N3O3S3. The number of aryl methyl sites for hydroxylation is 1. The van der Waals surface area contributed by atoms with E-state index in [1.54, 1.807) is 34.9 Å². The SMILES string of the molecule is CCN(CC)CCN(C(=O)CCSc1ccc(C)cc1)c1nc2ccc(S(C)(=O)=O)cc2s1. The van der Waals surface area contributed by atoms with Crippen LogP contribution in [0.3, 0.4) is 0 Å². The number of thioether (sulfide) groups is 1. The molecule has 0 aliphatic carbocycles. The van der Waals surface area contributed by atoms with Gasteiger partial charge in [0.2, 0.25) is 5.91 Å². The predicted molar refractivity (Wildman–Crippen MR) is 139 cm³/mol. The lowest BCUT2D eigenvalue weighted by Crippen LogP contribution is -2.39. The third-order valence-electron chi connectivity index (χ3n) is 5.45. The van der Waals surface area contributed by atoms with E-state index in [0.717, 1.165) is 29.2 Å². The van der Waals surface area contributed by atoms with E-state index in [9.17, 15) is 13.2 Å². The molecule has 0 bridgehead atoms. The van der Waals surface area contributed by atoms with E-state index in [1.807, 2.05) is 0 Å². The summed E-state index contributed by atoms with van der Waals surface area (Å²) in [6, 6.07) is 13.2. The van der Waals surface area contributed by atoms with Crippen molar-refractivity contribution in [3.63, 3.8) is 0 Å². The van der Waals surface area contributed by atoms with Crippen LogP contribution in [0.4, 0.5) is 5.13 Å². The summed E-state index contributed by atoms with van der Waals surface area (Å²) >= 11 is 3.04. The first kappa shape index (κ1) is 25.7. The van der Waals surface area contributed by atoms with Gasteiger partial charge in [-0.2, -0.15) is 0 Å². The van der Waals surface area contributed by atoms with Crippen LogP contribution >= 0.6 is 23.1 Å². The summed E-state index contributed by atoms with van der Waals surface area (Å²) < 4.78 is 24.6. The van der Waals surface area contributed by atoms with E-state index in [4.69, 9.17) is 0 Å². The number of amides is 1. The Morgan fingerprint density at radius 3 is 2.39 bits per heavy atom. The molecule has 0 saturated carbocycles. The average Bonchev–Trinajstić information content (AvgIpc) is 3.20. The third-order valence-corrected chi connectivity index (χ3v) is 8.61. The molecule has 1 heterocycles. The second kappa shape index (κ2) is 11.5. The highest BCUT2D eigenvalue weighted by Crippen LogP contribution is 2.31. The summed E-state index contributed by atoms with van der Waals surface area (Å²) in [6.45, 7) is 9.42. The molecule has 0 unspecified atom stereocenters. The van der Waals surface area contributed by atoms with Gasteiger partial charge in [0.15, 0.2) is 15.0 Å². The molecule has 1 aromatic heterocycles. The van der Waals surface area contributed by atoms with Gasteiger partial charge in [0.05, 0.1) is 15.1 Å². The molecule has 0 spiro atoms. The summed E-state index contributed by atoms with van der Waals surface area (Å²) in [6.07, 6.45) is 1.60. The first-order valence-electron chi connectivity index (χ1n) is 11.0. The minimum atomic E-state index is -3.30. The molecule has 0 aliphatic rings. The van der Waals surface area contributed by atoms with Crippen molar-refractivity contribution in [3.05, 3.63) is 48.0 Å². The van der Waals surface area contributed by atoms with Gasteiger partial charge in [-0.15, -0.1) is 11.8 Å². The lowest BCUT2D eigenvalue weighted by Gasteiger charge is -2.24. The molecule has 3 rings (SSSR count). The molecule has 3 aromatic rings. The number of anilines is 1. The number of thiazole rings is 1. The lowest BCUT2D eigenvalue weighted by molar-refractivity contribution is -0.118. The van der Waals surface area contributed by atoms with Gasteiger partial charge in [0.25, 0.3) is 0 Å². The van der Waals surface area contributed by atoms with Gasteiger partial charge >= 0.3 is 0 Å². The molecular weight excluding hydrogens is 474 g/mol. The Hall–Kier alpha value is -1.94. The molecule has 0 radical (unpaired) electrons.